The topological polar surface area (TPSA) is 82.1 Å². The van der Waals surface area contributed by atoms with Crippen molar-refractivity contribution < 1.29 is 28.9 Å². The van der Waals surface area contributed by atoms with E-state index in [0.29, 0.717) is 48.7 Å². The van der Waals surface area contributed by atoms with Gasteiger partial charge in [-0.1, -0.05) is 25.5 Å². The van der Waals surface area contributed by atoms with Gasteiger partial charge >= 0.3 is 11.9 Å². The van der Waals surface area contributed by atoms with Crippen LogP contribution in [-0.2, 0) is 27.3 Å². The van der Waals surface area contributed by atoms with Gasteiger partial charge in [0, 0.05) is 17.5 Å². The van der Waals surface area contributed by atoms with Crippen LogP contribution in [0.1, 0.15) is 60.7 Å². The zero-order valence-corrected chi connectivity index (χ0v) is 16.7. The van der Waals surface area contributed by atoms with E-state index in [1.165, 1.54) is 7.11 Å². The smallest absolute Gasteiger partial charge is 0.342 e. The van der Waals surface area contributed by atoms with Crippen LogP contribution in [0.3, 0.4) is 0 Å². The third-order valence-electron chi connectivity index (χ3n) is 4.60. The van der Waals surface area contributed by atoms with Gasteiger partial charge in [0.25, 0.3) is 0 Å². The number of methoxy groups -OCH3 is 1. The van der Waals surface area contributed by atoms with Gasteiger partial charge in [-0.2, -0.15) is 0 Å². The Morgan fingerprint density at radius 3 is 2.67 bits per heavy atom. The molecule has 0 atom stereocenters. The van der Waals surface area contributed by atoms with Crippen molar-refractivity contribution in [2.75, 3.05) is 13.7 Å². The summed E-state index contributed by atoms with van der Waals surface area (Å²) in [6, 6.07) is 0. The van der Waals surface area contributed by atoms with E-state index < -0.39 is 5.97 Å². The molecule has 0 radical (unpaired) electrons. The average Bonchev–Trinajstić information content (AvgIpc) is 3.02. The summed E-state index contributed by atoms with van der Waals surface area (Å²) in [6.45, 7) is 8.34. The summed E-state index contributed by atoms with van der Waals surface area (Å²) >= 11 is 0. The van der Waals surface area contributed by atoms with E-state index in [4.69, 9.17) is 14.2 Å². The summed E-state index contributed by atoms with van der Waals surface area (Å²) in [7, 11) is 1.54. The third kappa shape index (κ3) is 4.81. The minimum Gasteiger partial charge on any atom is -0.507 e. The number of carbonyl (C=O) groups is 2. The van der Waals surface area contributed by atoms with Crippen molar-refractivity contribution in [3.63, 3.8) is 0 Å². The fourth-order valence-corrected chi connectivity index (χ4v) is 3.04. The minimum atomic E-state index is -0.511. The highest BCUT2D eigenvalue weighted by atomic mass is 16.5. The van der Waals surface area contributed by atoms with E-state index in [1.807, 2.05) is 33.8 Å². The summed E-state index contributed by atoms with van der Waals surface area (Å²) in [5.41, 5.74) is 3.25. The number of aromatic hydroxyl groups is 1. The lowest BCUT2D eigenvalue weighted by atomic mass is 9.94. The molecule has 0 amide bonds. The Hall–Kier alpha value is -2.50. The van der Waals surface area contributed by atoms with Gasteiger partial charge in [-0.3, -0.25) is 4.79 Å². The Labute approximate surface area is 160 Å². The van der Waals surface area contributed by atoms with Crippen LogP contribution in [0.2, 0.25) is 0 Å². The summed E-state index contributed by atoms with van der Waals surface area (Å²) in [5, 5.41) is 10.6. The SMILES string of the molecule is COc1c(C)c2c(c(O)c1C/C=C(\C)CCC(=O)OCC(C)C)C(=O)OC2. The molecule has 6 nitrogen and oxygen atoms in total. The van der Waals surface area contributed by atoms with Gasteiger partial charge in [0.15, 0.2) is 0 Å². The Morgan fingerprint density at radius 2 is 2.04 bits per heavy atom. The lowest BCUT2D eigenvalue weighted by molar-refractivity contribution is -0.144. The Kier molecular flexibility index (Phi) is 6.88. The lowest BCUT2D eigenvalue weighted by Crippen LogP contribution is -2.09. The Morgan fingerprint density at radius 1 is 1.33 bits per heavy atom. The zero-order valence-electron chi connectivity index (χ0n) is 16.7. The van der Waals surface area contributed by atoms with Crippen molar-refractivity contribution in [2.45, 2.75) is 53.6 Å². The van der Waals surface area contributed by atoms with Crippen molar-refractivity contribution in [2.24, 2.45) is 5.92 Å². The summed E-state index contributed by atoms with van der Waals surface area (Å²) in [6.07, 6.45) is 3.21. The number of rotatable bonds is 8. The second kappa shape index (κ2) is 8.93. The first-order chi connectivity index (χ1) is 12.8. The van der Waals surface area contributed by atoms with E-state index in [-0.39, 0.29) is 23.9 Å². The standard InChI is InChI=1S/C21H28O6/c1-12(2)10-26-17(22)9-7-13(3)6-8-15-19(23)18-16(11-27-21(18)24)14(4)20(15)25-5/h6,12,23H,7-11H2,1-5H3/b13-6+. The quantitative estimate of drug-likeness (QED) is 0.548. The van der Waals surface area contributed by atoms with Crippen molar-refractivity contribution in [3.8, 4) is 11.5 Å². The molecule has 27 heavy (non-hydrogen) atoms. The van der Waals surface area contributed by atoms with Gasteiger partial charge in [0.1, 0.15) is 23.7 Å². The average molecular weight is 376 g/mol. The maximum absolute atomic E-state index is 11.9. The molecule has 6 heteroatoms. The first kappa shape index (κ1) is 20.8. The van der Waals surface area contributed by atoms with E-state index in [0.717, 1.165) is 11.1 Å². The van der Waals surface area contributed by atoms with Crippen molar-refractivity contribution in [3.05, 3.63) is 33.9 Å². The number of cyclic esters (lactones) is 1. The van der Waals surface area contributed by atoms with E-state index >= 15 is 0 Å². The van der Waals surface area contributed by atoms with Gasteiger partial charge in [-0.05, 0) is 38.2 Å². The number of fused-ring (bicyclic) bond motifs is 1. The summed E-state index contributed by atoms with van der Waals surface area (Å²) < 4.78 is 15.7. The fourth-order valence-electron chi connectivity index (χ4n) is 3.04. The maximum atomic E-state index is 11.9. The van der Waals surface area contributed by atoms with Crippen LogP contribution in [0, 0.1) is 12.8 Å². The molecule has 0 saturated carbocycles. The summed E-state index contributed by atoms with van der Waals surface area (Å²) in [4.78, 5) is 23.7. The predicted molar refractivity (Wildman–Crippen MR) is 101 cm³/mol. The molecule has 1 N–H and O–H groups in total. The molecule has 2 rings (SSSR count). The number of phenols is 1. The molecule has 1 aliphatic heterocycles. The van der Waals surface area contributed by atoms with Crippen molar-refractivity contribution in [1.82, 2.24) is 0 Å². The van der Waals surface area contributed by atoms with Gasteiger partial charge < -0.3 is 19.3 Å². The van der Waals surface area contributed by atoms with Crippen LogP contribution in [-0.4, -0.2) is 30.8 Å². The van der Waals surface area contributed by atoms with Crippen LogP contribution in [0.15, 0.2) is 11.6 Å². The van der Waals surface area contributed by atoms with Gasteiger partial charge in [0.2, 0.25) is 0 Å². The molecular formula is C21H28O6. The molecule has 1 aromatic carbocycles. The molecule has 0 saturated heterocycles. The summed E-state index contributed by atoms with van der Waals surface area (Å²) in [5.74, 6) is 0.0622. The molecule has 0 unspecified atom stereocenters. The van der Waals surface area contributed by atoms with Crippen molar-refractivity contribution >= 4 is 11.9 Å². The maximum Gasteiger partial charge on any atom is 0.342 e. The zero-order chi connectivity index (χ0) is 20.1. The fraction of sp³-hybridized carbons (Fsp3) is 0.524. The van der Waals surface area contributed by atoms with Gasteiger partial charge in [0.05, 0.1) is 13.7 Å². The van der Waals surface area contributed by atoms with Crippen LogP contribution in [0.4, 0.5) is 0 Å². The molecule has 0 aliphatic carbocycles. The minimum absolute atomic E-state index is 0.0876. The molecule has 0 aromatic heterocycles. The highest BCUT2D eigenvalue weighted by molar-refractivity contribution is 5.98. The highest BCUT2D eigenvalue weighted by Crippen LogP contribution is 2.42. The number of esters is 2. The van der Waals surface area contributed by atoms with E-state index in [1.54, 1.807) is 0 Å². The molecule has 1 aromatic rings. The van der Waals surface area contributed by atoms with Crippen molar-refractivity contribution in [1.29, 1.82) is 0 Å². The van der Waals surface area contributed by atoms with Crippen LogP contribution in [0.25, 0.3) is 0 Å². The monoisotopic (exact) mass is 376 g/mol. The molecular weight excluding hydrogens is 348 g/mol. The molecule has 1 aliphatic rings. The first-order valence-corrected chi connectivity index (χ1v) is 9.15. The largest absolute Gasteiger partial charge is 0.507 e. The molecule has 0 fully saturated rings. The molecule has 148 valence electrons. The molecule has 0 spiro atoms. The molecule has 0 bridgehead atoms. The number of carbonyl (C=O) groups excluding carboxylic acids is 2. The second-order valence-electron chi connectivity index (χ2n) is 7.25. The van der Waals surface area contributed by atoms with Crippen LogP contribution in [0.5, 0.6) is 11.5 Å². The van der Waals surface area contributed by atoms with E-state index in [2.05, 4.69) is 0 Å². The number of benzene rings is 1. The predicted octanol–water partition coefficient (Wildman–Crippen LogP) is 3.85. The lowest BCUT2D eigenvalue weighted by Gasteiger charge is -2.15. The highest BCUT2D eigenvalue weighted by Gasteiger charge is 2.31. The van der Waals surface area contributed by atoms with E-state index in [9.17, 15) is 14.7 Å². The normalized spacial score (nSPS) is 13.6. The van der Waals surface area contributed by atoms with Gasteiger partial charge in [-0.15, -0.1) is 0 Å². The Balaban J connectivity index is 2.12. The number of phenolic OH excluding ortho intramolecular Hbond substituents is 1. The second-order valence-corrected chi connectivity index (χ2v) is 7.25. The third-order valence-corrected chi connectivity index (χ3v) is 4.60. The number of hydrogen-bond donors (Lipinski definition) is 1. The van der Waals surface area contributed by atoms with Gasteiger partial charge in [-0.25, -0.2) is 4.79 Å². The van der Waals surface area contributed by atoms with Crippen LogP contribution >= 0.6 is 0 Å². The number of ether oxygens (including phenoxy) is 3. The Bertz CT molecular complexity index is 761. The van der Waals surface area contributed by atoms with Crippen LogP contribution < -0.4 is 4.74 Å². The number of allylic oxidation sites excluding steroid dienone is 2. The first-order valence-electron chi connectivity index (χ1n) is 9.15. The molecule has 1 heterocycles. The number of hydrogen-bond acceptors (Lipinski definition) is 6.